The van der Waals surface area contributed by atoms with Crippen LogP contribution in [0.5, 0.6) is 5.75 Å². The third-order valence-electron chi connectivity index (χ3n) is 2.61. The molecule has 0 saturated heterocycles. The molecule has 2 rings (SSSR count). The molecule has 2 N–H and O–H groups in total. The van der Waals surface area contributed by atoms with E-state index in [1.165, 1.54) is 0 Å². The first-order valence-corrected chi connectivity index (χ1v) is 5.59. The average molecular weight is 233 g/mol. The van der Waals surface area contributed by atoms with Gasteiger partial charge in [0, 0.05) is 10.9 Å². The number of hydrogen-bond acceptors (Lipinski definition) is 4. The second kappa shape index (κ2) is 5.01. The van der Waals surface area contributed by atoms with Gasteiger partial charge in [-0.3, -0.25) is 0 Å². The van der Waals surface area contributed by atoms with Crippen molar-refractivity contribution in [3.8, 4) is 5.75 Å². The van der Waals surface area contributed by atoms with Crippen LogP contribution in [0, 0.1) is 6.92 Å². The van der Waals surface area contributed by atoms with Gasteiger partial charge >= 0.3 is 5.63 Å². The second-order valence-corrected chi connectivity index (χ2v) is 3.83. The molecule has 1 heterocycles. The lowest BCUT2D eigenvalue weighted by Gasteiger charge is -2.08. The zero-order valence-corrected chi connectivity index (χ0v) is 9.73. The van der Waals surface area contributed by atoms with Crippen LogP contribution in [0.2, 0.25) is 0 Å². The zero-order valence-electron chi connectivity index (χ0n) is 9.73. The van der Waals surface area contributed by atoms with E-state index in [0.29, 0.717) is 25.2 Å². The van der Waals surface area contributed by atoms with E-state index in [4.69, 9.17) is 14.9 Å². The maximum absolute atomic E-state index is 11.7. The molecule has 90 valence electrons. The van der Waals surface area contributed by atoms with E-state index in [1.807, 2.05) is 25.1 Å². The molecule has 0 atom stereocenters. The molecule has 2 aromatic rings. The molecule has 0 unspecified atom stereocenters. The van der Waals surface area contributed by atoms with E-state index < -0.39 is 5.63 Å². The second-order valence-electron chi connectivity index (χ2n) is 3.83. The van der Waals surface area contributed by atoms with Gasteiger partial charge in [-0.25, -0.2) is 4.79 Å². The molecule has 4 heteroatoms. The molecule has 0 radical (unpaired) electrons. The first-order valence-electron chi connectivity index (χ1n) is 5.59. The maximum atomic E-state index is 11.7. The van der Waals surface area contributed by atoms with Crippen LogP contribution < -0.4 is 16.1 Å². The molecule has 0 saturated carbocycles. The molecule has 4 nitrogen and oxygen atoms in total. The molecule has 0 amide bonds. The SMILES string of the molecule is Cc1c(OCCCN)c(=O)oc2ccccc12. The summed E-state index contributed by atoms with van der Waals surface area (Å²) >= 11 is 0. The third-order valence-corrected chi connectivity index (χ3v) is 2.61. The minimum atomic E-state index is -0.432. The minimum absolute atomic E-state index is 0.289. The van der Waals surface area contributed by atoms with Gasteiger partial charge in [0.25, 0.3) is 0 Å². The van der Waals surface area contributed by atoms with Crippen LogP contribution in [-0.4, -0.2) is 13.2 Å². The van der Waals surface area contributed by atoms with Crippen LogP contribution in [0.1, 0.15) is 12.0 Å². The predicted octanol–water partition coefficient (Wildman–Crippen LogP) is 1.83. The number of para-hydroxylation sites is 1. The molecule has 0 aliphatic rings. The summed E-state index contributed by atoms with van der Waals surface area (Å²) in [5, 5.41) is 0.898. The summed E-state index contributed by atoms with van der Waals surface area (Å²) in [5.41, 5.74) is 6.34. The Morgan fingerprint density at radius 1 is 1.35 bits per heavy atom. The Kier molecular flexibility index (Phi) is 3.44. The van der Waals surface area contributed by atoms with Gasteiger partial charge in [-0.05, 0) is 26.0 Å². The Bertz CT molecular complexity index is 574. The van der Waals surface area contributed by atoms with Crippen molar-refractivity contribution in [2.24, 2.45) is 5.73 Å². The lowest BCUT2D eigenvalue weighted by molar-refractivity contribution is 0.296. The molecule has 0 aliphatic carbocycles. The first kappa shape index (κ1) is 11.7. The van der Waals surface area contributed by atoms with Gasteiger partial charge in [0.05, 0.1) is 6.61 Å². The fourth-order valence-electron chi connectivity index (χ4n) is 1.71. The van der Waals surface area contributed by atoms with Crippen molar-refractivity contribution in [1.82, 2.24) is 0 Å². The molecule has 0 fully saturated rings. The van der Waals surface area contributed by atoms with Crippen LogP contribution in [0.25, 0.3) is 11.0 Å². The Morgan fingerprint density at radius 2 is 2.12 bits per heavy atom. The van der Waals surface area contributed by atoms with Gasteiger partial charge in [-0.2, -0.15) is 0 Å². The lowest BCUT2D eigenvalue weighted by atomic mass is 10.1. The van der Waals surface area contributed by atoms with Crippen LogP contribution in [0.15, 0.2) is 33.5 Å². The molecule has 1 aromatic carbocycles. The first-order chi connectivity index (χ1) is 8.24. The molecule has 0 bridgehead atoms. The van der Waals surface area contributed by atoms with E-state index in [2.05, 4.69) is 0 Å². The Labute approximate surface area is 99.0 Å². The standard InChI is InChI=1S/C13H15NO3/c1-9-10-5-2-3-6-11(10)17-13(15)12(9)16-8-4-7-14/h2-3,5-6H,4,7-8,14H2,1H3. The zero-order chi connectivity index (χ0) is 12.3. The fourth-order valence-corrected chi connectivity index (χ4v) is 1.71. The Balaban J connectivity index is 2.45. The molecule has 1 aromatic heterocycles. The third kappa shape index (κ3) is 2.31. The molecule has 0 aliphatic heterocycles. The predicted molar refractivity (Wildman–Crippen MR) is 66.4 cm³/mol. The summed E-state index contributed by atoms with van der Waals surface area (Å²) in [6, 6.07) is 7.41. The number of aryl methyl sites for hydroxylation is 1. The summed E-state index contributed by atoms with van der Waals surface area (Å²) in [4.78, 5) is 11.7. The van der Waals surface area contributed by atoms with Gasteiger partial charge < -0.3 is 14.9 Å². The fraction of sp³-hybridized carbons (Fsp3) is 0.308. The summed E-state index contributed by atoms with van der Waals surface area (Å²) in [6.45, 7) is 2.83. The van der Waals surface area contributed by atoms with Crippen LogP contribution >= 0.6 is 0 Å². The summed E-state index contributed by atoms with van der Waals surface area (Å²) < 4.78 is 10.6. The van der Waals surface area contributed by atoms with Crippen LogP contribution in [0.3, 0.4) is 0 Å². The maximum Gasteiger partial charge on any atom is 0.379 e. The van der Waals surface area contributed by atoms with Crippen molar-refractivity contribution >= 4 is 11.0 Å². The molecular weight excluding hydrogens is 218 g/mol. The lowest BCUT2D eigenvalue weighted by Crippen LogP contribution is -2.12. The summed E-state index contributed by atoms with van der Waals surface area (Å²) in [5.74, 6) is 0.289. The van der Waals surface area contributed by atoms with Crippen molar-refractivity contribution < 1.29 is 9.15 Å². The smallest absolute Gasteiger partial charge is 0.379 e. The molecular formula is C13H15NO3. The number of nitrogens with two attached hydrogens (primary N) is 1. The highest BCUT2D eigenvalue weighted by molar-refractivity contribution is 5.81. The number of hydrogen-bond donors (Lipinski definition) is 1. The largest absolute Gasteiger partial charge is 0.486 e. The quantitative estimate of drug-likeness (QED) is 0.646. The minimum Gasteiger partial charge on any atom is -0.486 e. The number of fused-ring (bicyclic) bond motifs is 1. The summed E-state index contributed by atoms with van der Waals surface area (Å²) in [7, 11) is 0. The van der Waals surface area contributed by atoms with Crippen molar-refractivity contribution in [2.45, 2.75) is 13.3 Å². The molecule has 0 spiro atoms. The topological polar surface area (TPSA) is 65.5 Å². The monoisotopic (exact) mass is 233 g/mol. The van der Waals surface area contributed by atoms with Crippen molar-refractivity contribution in [2.75, 3.05) is 13.2 Å². The highest BCUT2D eigenvalue weighted by Gasteiger charge is 2.11. The van der Waals surface area contributed by atoms with E-state index in [9.17, 15) is 4.79 Å². The van der Waals surface area contributed by atoms with Gasteiger partial charge in [0.15, 0.2) is 0 Å². The van der Waals surface area contributed by atoms with Crippen LogP contribution in [0.4, 0.5) is 0 Å². The number of benzene rings is 1. The van der Waals surface area contributed by atoms with E-state index >= 15 is 0 Å². The normalized spacial score (nSPS) is 10.7. The Hall–Kier alpha value is -1.81. The number of ether oxygens (including phenoxy) is 1. The van der Waals surface area contributed by atoms with Crippen molar-refractivity contribution in [1.29, 1.82) is 0 Å². The van der Waals surface area contributed by atoms with E-state index in [0.717, 1.165) is 10.9 Å². The highest BCUT2D eigenvalue weighted by atomic mass is 16.5. The van der Waals surface area contributed by atoms with E-state index in [-0.39, 0.29) is 5.75 Å². The van der Waals surface area contributed by atoms with Crippen molar-refractivity contribution in [3.05, 3.63) is 40.2 Å². The van der Waals surface area contributed by atoms with Gasteiger partial charge in [0.2, 0.25) is 5.75 Å². The van der Waals surface area contributed by atoms with E-state index in [1.54, 1.807) is 6.07 Å². The van der Waals surface area contributed by atoms with Crippen LogP contribution in [-0.2, 0) is 0 Å². The van der Waals surface area contributed by atoms with Gasteiger partial charge in [-0.1, -0.05) is 18.2 Å². The molecule has 17 heavy (non-hydrogen) atoms. The summed E-state index contributed by atoms with van der Waals surface area (Å²) in [6.07, 6.45) is 0.714. The van der Waals surface area contributed by atoms with Crippen molar-refractivity contribution in [3.63, 3.8) is 0 Å². The van der Waals surface area contributed by atoms with Gasteiger partial charge in [0.1, 0.15) is 5.58 Å². The average Bonchev–Trinajstić information content (AvgIpc) is 2.33. The Morgan fingerprint density at radius 3 is 2.88 bits per heavy atom. The van der Waals surface area contributed by atoms with Gasteiger partial charge in [-0.15, -0.1) is 0 Å². The number of rotatable bonds is 4. The highest BCUT2D eigenvalue weighted by Crippen LogP contribution is 2.23.